The molecule has 0 atom stereocenters. The second-order valence-corrected chi connectivity index (χ2v) is 8.55. The van der Waals surface area contributed by atoms with Crippen LogP contribution in [0.25, 0.3) is 11.0 Å². The van der Waals surface area contributed by atoms with Gasteiger partial charge in [0.05, 0.1) is 17.6 Å². The van der Waals surface area contributed by atoms with E-state index >= 15 is 0 Å². The lowest BCUT2D eigenvalue weighted by atomic mass is 9.99. The first-order valence-electron chi connectivity index (χ1n) is 10.2. The summed E-state index contributed by atoms with van der Waals surface area (Å²) in [6.45, 7) is 9.41. The van der Waals surface area contributed by atoms with Crippen LogP contribution in [0, 0.1) is 6.92 Å². The summed E-state index contributed by atoms with van der Waals surface area (Å²) < 4.78 is 8.05. The molecule has 1 aromatic heterocycles. The number of hydrogen-bond acceptors (Lipinski definition) is 4. The van der Waals surface area contributed by atoms with Crippen molar-refractivity contribution in [2.45, 2.75) is 44.4 Å². The van der Waals surface area contributed by atoms with Crippen molar-refractivity contribution in [2.75, 3.05) is 39.1 Å². The van der Waals surface area contributed by atoms with E-state index in [4.69, 9.17) is 9.73 Å². The molecule has 2 N–H and O–H groups in total. The summed E-state index contributed by atoms with van der Waals surface area (Å²) >= 11 is 1.93. The number of hydrogen-bond donors (Lipinski definition) is 2. The number of halogens is 1. The van der Waals surface area contributed by atoms with Crippen LogP contribution in [0.15, 0.2) is 29.3 Å². The van der Waals surface area contributed by atoms with Gasteiger partial charge in [-0.25, -0.2) is 4.98 Å². The van der Waals surface area contributed by atoms with Gasteiger partial charge in [0.15, 0.2) is 5.96 Å². The second kappa shape index (κ2) is 12.0. The Morgan fingerprint density at radius 3 is 2.76 bits per heavy atom. The lowest BCUT2D eigenvalue weighted by Gasteiger charge is -2.34. The molecular weight excluding hydrogens is 497 g/mol. The van der Waals surface area contributed by atoms with Crippen LogP contribution >= 0.6 is 35.7 Å². The number of benzene rings is 1. The number of fused-ring (bicyclic) bond motifs is 1. The maximum atomic E-state index is 5.54. The third-order valence-corrected chi connectivity index (χ3v) is 6.81. The number of ether oxygens (including phenoxy) is 1. The van der Waals surface area contributed by atoms with Crippen molar-refractivity contribution in [2.24, 2.45) is 4.99 Å². The molecule has 162 valence electrons. The summed E-state index contributed by atoms with van der Waals surface area (Å²) in [5.74, 6) is 1.98. The van der Waals surface area contributed by atoms with Crippen molar-refractivity contribution in [1.82, 2.24) is 20.2 Å². The fourth-order valence-electron chi connectivity index (χ4n) is 3.66. The Balaban J connectivity index is 0.00000300. The molecule has 0 unspecified atom stereocenters. The average molecular weight is 532 g/mol. The predicted octanol–water partition coefficient (Wildman–Crippen LogP) is 3.82. The number of imidazole rings is 1. The number of aryl methyl sites for hydroxylation is 2. The van der Waals surface area contributed by atoms with Gasteiger partial charge >= 0.3 is 0 Å². The molecule has 0 spiro atoms. The standard InChI is InChI=1S/C21H33N5OS.HI/c1-4-22-20(24-16-21(28-3)10-14-27-15-11-21)23-12-7-13-26-17(2)25-18-8-5-6-9-19(18)26;/h5-6,8-9H,4,7,10-16H2,1-3H3,(H2,22,23,24);1H. The monoisotopic (exact) mass is 531 g/mol. The summed E-state index contributed by atoms with van der Waals surface area (Å²) in [5, 5.41) is 6.87. The highest BCUT2D eigenvalue weighted by Crippen LogP contribution is 2.33. The molecule has 1 aromatic carbocycles. The van der Waals surface area contributed by atoms with Crippen molar-refractivity contribution >= 4 is 52.7 Å². The molecule has 2 aromatic rings. The van der Waals surface area contributed by atoms with Gasteiger partial charge in [-0.3, -0.25) is 4.99 Å². The SMILES string of the molecule is CCNC(=NCC1(SC)CCOCC1)NCCCn1c(C)nc2ccccc21.I. The predicted molar refractivity (Wildman–Crippen MR) is 135 cm³/mol. The normalized spacial score (nSPS) is 16.4. The third kappa shape index (κ3) is 6.49. The van der Waals surface area contributed by atoms with Crippen LogP contribution in [-0.2, 0) is 11.3 Å². The molecule has 0 amide bonds. The van der Waals surface area contributed by atoms with Gasteiger partial charge in [-0.05, 0) is 51.5 Å². The van der Waals surface area contributed by atoms with E-state index in [-0.39, 0.29) is 28.7 Å². The summed E-state index contributed by atoms with van der Waals surface area (Å²) in [5.41, 5.74) is 2.28. The van der Waals surface area contributed by atoms with E-state index in [0.717, 1.165) is 76.0 Å². The molecule has 1 saturated heterocycles. The van der Waals surface area contributed by atoms with Crippen LogP contribution < -0.4 is 10.6 Å². The second-order valence-electron chi connectivity index (χ2n) is 7.27. The topological polar surface area (TPSA) is 63.5 Å². The Labute approximate surface area is 195 Å². The molecule has 8 heteroatoms. The first-order chi connectivity index (χ1) is 13.7. The van der Waals surface area contributed by atoms with Crippen LogP contribution in [0.3, 0.4) is 0 Å². The molecule has 0 radical (unpaired) electrons. The van der Waals surface area contributed by atoms with Gasteiger partial charge in [-0.15, -0.1) is 24.0 Å². The van der Waals surface area contributed by atoms with E-state index in [9.17, 15) is 0 Å². The number of nitrogens with zero attached hydrogens (tertiary/aromatic N) is 3. The van der Waals surface area contributed by atoms with Crippen molar-refractivity contribution in [3.05, 3.63) is 30.1 Å². The molecule has 1 fully saturated rings. The van der Waals surface area contributed by atoms with Gasteiger partial charge < -0.3 is 19.9 Å². The minimum atomic E-state index is 0. The zero-order chi connectivity index (χ0) is 19.8. The van der Waals surface area contributed by atoms with Crippen molar-refractivity contribution in [3.8, 4) is 0 Å². The Bertz CT molecular complexity index is 788. The molecular formula is C21H34IN5OS. The zero-order valence-corrected chi connectivity index (χ0v) is 20.9. The number of aromatic nitrogens is 2. The summed E-state index contributed by atoms with van der Waals surface area (Å²) in [4.78, 5) is 9.53. The van der Waals surface area contributed by atoms with E-state index in [0.29, 0.717) is 0 Å². The van der Waals surface area contributed by atoms with Gasteiger partial charge in [0.1, 0.15) is 5.82 Å². The third-order valence-electron chi connectivity index (χ3n) is 5.40. The van der Waals surface area contributed by atoms with Crippen LogP contribution in [0.4, 0.5) is 0 Å². The molecule has 29 heavy (non-hydrogen) atoms. The van der Waals surface area contributed by atoms with E-state index < -0.39 is 0 Å². The molecule has 0 bridgehead atoms. The summed E-state index contributed by atoms with van der Waals surface area (Å²) in [6, 6.07) is 8.33. The number of thioether (sulfide) groups is 1. The summed E-state index contributed by atoms with van der Waals surface area (Å²) in [7, 11) is 0. The molecule has 0 aliphatic carbocycles. The van der Waals surface area contributed by atoms with Crippen molar-refractivity contribution in [1.29, 1.82) is 0 Å². The van der Waals surface area contributed by atoms with Gasteiger partial charge in [-0.2, -0.15) is 11.8 Å². The molecule has 3 rings (SSSR count). The lowest BCUT2D eigenvalue weighted by Crippen LogP contribution is -2.41. The number of aliphatic imine (C=N–C) groups is 1. The minimum Gasteiger partial charge on any atom is -0.381 e. The number of guanidine groups is 1. The van der Waals surface area contributed by atoms with E-state index in [1.807, 2.05) is 17.8 Å². The van der Waals surface area contributed by atoms with Crippen LogP contribution in [0.1, 0.15) is 32.0 Å². The Hall–Kier alpha value is -1.000. The Morgan fingerprint density at radius 2 is 2.03 bits per heavy atom. The van der Waals surface area contributed by atoms with Gasteiger partial charge in [-0.1, -0.05) is 12.1 Å². The smallest absolute Gasteiger partial charge is 0.191 e. The number of nitrogens with one attached hydrogen (secondary N) is 2. The van der Waals surface area contributed by atoms with E-state index in [1.165, 1.54) is 5.52 Å². The van der Waals surface area contributed by atoms with Gasteiger partial charge in [0, 0.05) is 37.6 Å². The summed E-state index contributed by atoms with van der Waals surface area (Å²) in [6.07, 6.45) is 5.36. The zero-order valence-electron chi connectivity index (χ0n) is 17.7. The van der Waals surface area contributed by atoms with Gasteiger partial charge in [0.25, 0.3) is 0 Å². The van der Waals surface area contributed by atoms with E-state index in [2.05, 4.69) is 58.5 Å². The highest BCUT2D eigenvalue weighted by atomic mass is 127. The molecule has 0 saturated carbocycles. The van der Waals surface area contributed by atoms with E-state index in [1.54, 1.807) is 0 Å². The maximum absolute atomic E-state index is 5.54. The average Bonchev–Trinajstić information content (AvgIpc) is 3.05. The quantitative estimate of drug-likeness (QED) is 0.235. The minimum absolute atomic E-state index is 0. The molecule has 2 heterocycles. The number of para-hydroxylation sites is 2. The highest BCUT2D eigenvalue weighted by Gasteiger charge is 2.31. The first kappa shape index (κ1) is 24.3. The molecule has 1 aliphatic heterocycles. The molecule has 6 nitrogen and oxygen atoms in total. The maximum Gasteiger partial charge on any atom is 0.191 e. The van der Waals surface area contributed by atoms with Gasteiger partial charge in [0.2, 0.25) is 0 Å². The van der Waals surface area contributed by atoms with Crippen LogP contribution in [0.5, 0.6) is 0 Å². The van der Waals surface area contributed by atoms with Crippen LogP contribution in [-0.4, -0.2) is 59.4 Å². The fourth-order valence-corrected chi connectivity index (χ4v) is 4.43. The fraction of sp³-hybridized carbons (Fsp3) is 0.619. The Kier molecular flexibility index (Phi) is 10.0. The lowest BCUT2D eigenvalue weighted by molar-refractivity contribution is 0.0794. The largest absolute Gasteiger partial charge is 0.381 e. The van der Waals surface area contributed by atoms with Crippen molar-refractivity contribution < 1.29 is 4.74 Å². The molecule has 1 aliphatic rings. The van der Waals surface area contributed by atoms with Crippen LogP contribution in [0.2, 0.25) is 0 Å². The first-order valence-corrected chi connectivity index (χ1v) is 11.5. The highest BCUT2D eigenvalue weighted by molar-refractivity contribution is 14.0. The van der Waals surface area contributed by atoms with Crippen molar-refractivity contribution in [3.63, 3.8) is 0 Å². The Morgan fingerprint density at radius 1 is 1.28 bits per heavy atom. The number of rotatable bonds is 8.